The Hall–Kier alpha value is -1.72. The lowest BCUT2D eigenvalue weighted by atomic mass is 10.1. The molecule has 0 aromatic rings. The van der Waals surface area contributed by atoms with E-state index in [9.17, 15) is 19.2 Å². The zero-order valence-corrected chi connectivity index (χ0v) is 12.0. The topological polar surface area (TPSA) is 97.7 Å². The van der Waals surface area contributed by atoms with Crippen LogP contribution in [0.15, 0.2) is 0 Å². The van der Waals surface area contributed by atoms with Gasteiger partial charge in [-0.2, -0.15) is 0 Å². The number of ether oxygens (including phenoxy) is 1. The normalized spacial score (nSPS) is 11.7. The minimum Gasteiger partial charge on any atom is -0.475 e. The molecular weight excluding hydrogens is 264 g/mol. The first-order chi connectivity index (χ1) is 9.43. The standard InChI is InChI=1S/C14H22O6/c1-3-5-7-9-10(8-6-4-2)20-14(19)12(16)11(15)13(17)18/h10H,3-9H2,1-2H3,(H,17,18). The van der Waals surface area contributed by atoms with E-state index in [0.29, 0.717) is 12.8 Å². The van der Waals surface area contributed by atoms with Gasteiger partial charge in [-0.3, -0.25) is 9.59 Å². The van der Waals surface area contributed by atoms with Gasteiger partial charge in [-0.15, -0.1) is 0 Å². The highest BCUT2D eigenvalue weighted by Crippen LogP contribution is 2.14. The van der Waals surface area contributed by atoms with Gasteiger partial charge in [-0.25, -0.2) is 9.59 Å². The molecule has 114 valence electrons. The van der Waals surface area contributed by atoms with Gasteiger partial charge in [0.05, 0.1) is 0 Å². The monoisotopic (exact) mass is 286 g/mol. The number of rotatable bonds is 11. The molecule has 6 nitrogen and oxygen atoms in total. The molecule has 0 amide bonds. The summed E-state index contributed by atoms with van der Waals surface area (Å²) in [6.07, 6.45) is 5.43. The van der Waals surface area contributed by atoms with Crippen LogP contribution in [0.1, 0.15) is 58.8 Å². The van der Waals surface area contributed by atoms with Crippen molar-refractivity contribution in [2.45, 2.75) is 64.9 Å². The summed E-state index contributed by atoms with van der Waals surface area (Å²) in [6.45, 7) is 4.03. The molecule has 0 saturated carbocycles. The SMILES string of the molecule is CCCCCC(CCCC)OC(=O)C(=O)C(=O)C(=O)O. The molecule has 20 heavy (non-hydrogen) atoms. The van der Waals surface area contributed by atoms with Crippen molar-refractivity contribution < 1.29 is 29.0 Å². The van der Waals surface area contributed by atoms with Crippen molar-refractivity contribution >= 4 is 23.5 Å². The van der Waals surface area contributed by atoms with Crippen molar-refractivity contribution in [3.63, 3.8) is 0 Å². The number of esters is 1. The number of carbonyl (C=O) groups is 4. The van der Waals surface area contributed by atoms with Crippen LogP contribution in [0.4, 0.5) is 0 Å². The smallest absolute Gasteiger partial charge is 0.383 e. The van der Waals surface area contributed by atoms with Crippen LogP contribution >= 0.6 is 0 Å². The minimum absolute atomic E-state index is 0.431. The second kappa shape index (κ2) is 10.1. The van der Waals surface area contributed by atoms with Gasteiger partial charge in [0, 0.05) is 0 Å². The molecule has 0 fully saturated rings. The van der Waals surface area contributed by atoms with Crippen LogP contribution in [0.5, 0.6) is 0 Å². The second-order valence-electron chi connectivity index (χ2n) is 4.63. The Bertz CT molecular complexity index is 361. The summed E-state index contributed by atoms with van der Waals surface area (Å²) in [5, 5.41) is 8.37. The molecule has 0 rings (SSSR count). The molecule has 0 radical (unpaired) electrons. The Morgan fingerprint density at radius 2 is 1.45 bits per heavy atom. The van der Waals surface area contributed by atoms with Crippen molar-refractivity contribution in [2.75, 3.05) is 0 Å². The van der Waals surface area contributed by atoms with E-state index in [-0.39, 0.29) is 0 Å². The lowest BCUT2D eigenvalue weighted by Gasteiger charge is -2.16. The molecule has 0 aliphatic rings. The third kappa shape index (κ3) is 7.01. The highest BCUT2D eigenvalue weighted by molar-refractivity contribution is 6.75. The zero-order chi connectivity index (χ0) is 15.5. The van der Waals surface area contributed by atoms with E-state index in [1.165, 1.54) is 0 Å². The Labute approximate surface area is 118 Å². The summed E-state index contributed by atoms with van der Waals surface area (Å²) in [5.41, 5.74) is 0. The van der Waals surface area contributed by atoms with E-state index in [0.717, 1.165) is 32.1 Å². The number of unbranched alkanes of at least 4 members (excludes halogenated alkanes) is 3. The van der Waals surface area contributed by atoms with Gasteiger partial charge in [-0.05, 0) is 19.3 Å². The van der Waals surface area contributed by atoms with Gasteiger partial charge in [0.25, 0.3) is 0 Å². The molecule has 0 aromatic carbocycles. The average molecular weight is 286 g/mol. The first-order valence-corrected chi connectivity index (χ1v) is 6.96. The summed E-state index contributed by atoms with van der Waals surface area (Å²) < 4.78 is 4.96. The molecule has 0 saturated heterocycles. The molecule has 1 N–H and O–H groups in total. The van der Waals surface area contributed by atoms with E-state index in [2.05, 4.69) is 0 Å². The zero-order valence-electron chi connectivity index (χ0n) is 12.0. The summed E-state index contributed by atoms with van der Waals surface area (Å²) in [5.74, 6) is -6.68. The largest absolute Gasteiger partial charge is 0.475 e. The predicted octanol–water partition coefficient (Wildman–Crippen LogP) is 1.89. The van der Waals surface area contributed by atoms with Crippen molar-refractivity contribution in [3.8, 4) is 0 Å². The van der Waals surface area contributed by atoms with Gasteiger partial charge in [0.15, 0.2) is 0 Å². The average Bonchev–Trinajstić information content (AvgIpc) is 2.42. The van der Waals surface area contributed by atoms with Crippen LogP contribution in [-0.4, -0.2) is 34.7 Å². The first kappa shape index (κ1) is 18.3. The van der Waals surface area contributed by atoms with E-state index in [1.807, 2.05) is 13.8 Å². The molecule has 6 heteroatoms. The summed E-state index contributed by atoms with van der Waals surface area (Å²) in [7, 11) is 0. The van der Waals surface area contributed by atoms with Crippen LogP contribution in [0.2, 0.25) is 0 Å². The van der Waals surface area contributed by atoms with Crippen molar-refractivity contribution in [2.24, 2.45) is 0 Å². The number of carboxylic acids is 1. The van der Waals surface area contributed by atoms with Gasteiger partial charge in [0.2, 0.25) is 0 Å². The summed E-state index contributed by atoms with van der Waals surface area (Å²) in [6, 6.07) is 0. The third-order valence-electron chi connectivity index (χ3n) is 2.87. The maximum absolute atomic E-state index is 11.4. The van der Waals surface area contributed by atoms with Gasteiger partial charge in [0.1, 0.15) is 6.10 Å². The highest BCUT2D eigenvalue weighted by atomic mass is 16.5. The number of ketones is 2. The molecule has 1 unspecified atom stereocenters. The number of hydrogen-bond acceptors (Lipinski definition) is 5. The Balaban J connectivity index is 4.46. The van der Waals surface area contributed by atoms with Gasteiger partial charge >= 0.3 is 23.5 Å². The van der Waals surface area contributed by atoms with E-state index in [4.69, 9.17) is 9.84 Å². The number of Topliss-reactive ketones (excluding diaryl/α,β-unsaturated/α-hetero) is 2. The molecular formula is C14H22O6. The van der Waals surface area contributed by atoms with E-state index in [1.54, 1.807) is 0 Å². The van der Waals surface area contributed by atoms with Crippen LogP contribution in [0, 0.1) is 0 Å². The van der Waals surface area contributed by atoms with E-state index >= 15 is 0 Å². The molecule has 0 aliphatic heterocycles. The Morgan fingerprint density at radius 3 is 1.95 bits per heavy atom. The van der Waals surface area contributed by atoms with Crippen molar-refractivity contribution in [1.29, 1.82) is 0 Å². The predicted molar refractivity (Wildman–Crippen MR) is 71.2 cm³/mol. The van der Waals surface area contributed by atoms with Crippen LogP contribution in [0.25, 0.3) is 0 Å². The number of carbonyl (C=O) groups excluding carboxylic acids is 3. The summed E-state index contributed by atoms with van der Waals surface area (Å²) >= 11 is 0. The van der Waals surface area contributed by atoms with Gasteiger partial charge in [-0.1, -0.05) is 39.5 Å². The fraction of sp³-hybridized carbons (Fsp3) is 0.714. The maximum atomic E-state index is 11.4. The van der Waals surface area contributed by atoms with E-state index < -0.39 is 29.6 Å². The summed E-state index contributed by atoms with van der Waals surface area (Å²) in [4.78, 5) is 43.9. The number of aliphatic carboxylic acids is 1. The molecule has 0 spiro atoms. The van der Waals surface area contributed by atoms with Crippen LogP contribution in [-0.2, 0) is 23.9 Å². The Kier molecular flexibility index (Phi) is 9.24. The maximum Gasteiger partial charge on any atom is 0.383 e. The molecule has 0 aliphatic carbocycles. The minimum atomic E-state index is -1.94. The molecule has 0 heterocycles. The third-order valence-corrected chi connectivity index (χ3v) is 2.87. The van der Waals surface area contributed by atoms with Crippen molar-refractivity contribution in [3.05, 3.63) is 0 Å². The van der Waals surface area contributed by atoms with Crippen LogP contribution in [0.3, 0.4) is 0 Å². The number of carboxylic acid groups (broad SMARTS) is 1. The van der Waals surface area contributed by atoms with Crippen molar-refractivity contribution in [1.82, 2.24) is 0 Å². The second-order valence-corrected chi connectivity index (χ2v) is 4.63. The van der Waals surface area contributed by atoms with Gasteiger partial charge < -0.3 is 9.84 Å². The number of hydrogen-bond donors (Lipinski definition) is 1. The fourth-order valence-electron chi connectivity index (χ4n) is 1.71. The molecule has 0 aromatic heterocycles. The highest BCUT2D eigenvalue weighted by Gasteiger charge is 2.31. The quantitative estimate of drug-likeness (QED) is 0.269. The molecule has 1 atom stereocenters. The fourth-order valence-corrected chi connectivity index (χ4v) is 1.71. The molecule has 0 bridgehead atoms. The lowest BCUT2D eigenvalue weighted by molar-refractivity contribution is -0.164. The first-order valence-electron chi connectivity index (χ1n) is 6.96. The lowest BCUT2D eigenvalue weighted by Crippen LogP contribution is -2.34. The van der Waals surface area contributed by atoms with Crippen LogP contribution < -0.4 is 0 Å². The Morgan fingerprint density at radius 1 is 0.900 bits per heavy atom.